The number of likely N-dealkylation sites (tertiary alicyclic amines) is 1. The Balaban J connectivity index is 1.53. The zero-order valence-electron chi connectivity index (χ0n) is 14.8. The maximum Gasteiger partial charge on any atom is 0.286 e. The predicted octanol–water partition coefficient (Wildman–Crippen LogP) is 1.75. The zero-order valence-corrected chi connectivity index (χ0v) is 14.8. The fourth-order valence-electron chi connectivity index (χ4n) is 3.66. The molecule has 0 radical (unpaired) electrons. The molecule has 0 spiro atoms. The number of fused-ring (bicyclic) bond motifs is 1. The number of hydrogen-bond acceptors (Lipinski definition) is 5. The molecule has 3 heterocycles. The molecule has 0 bridgehead atoms. The number of carbonyl (C=O) groups excluding carboxylic acids is 1. The van der Waals surface area contributed by atoms with Crippen LogP contribution in [0.15, 0.2) is 41.6 Å². The number of nitrogens with zero attached hydrogens (tertiary/aromatic N) is 4. The maximum absolute atomic E-state index is 13.1. The molecule has 1 aliphatic heterocycles. The van der Waals surface area contributed by atoms with Crippen LogP contribution in [-0.2, 0) is 6.42 Å². The first-order chi connectivity index (χ1) is 13.1. The van der Waals surface area contributed by atoms with Crippen molar-refractivity contribution in [2.45, 2.75) is 38.1 Å². The van der Waals surface area contributed by atoms with Crippen LogP contribution in [0, 0.1) is 0 Å². The summed E-state index contributed by atoms with van der Waals surface area (Å²) >= 11 is 0. The molecule has 8 heteroatoms. The van der Waals surface area contributed by atoms with Crippen molar-refractivity contribution in [3.8, 4) is 5.75 Å². The molecule has 140 valence electrons. The molecule has 1 aliphatic rings. The second-order valence-corrected chi connectivity index (χ2v) is 6.85. The van der Waals surface area contributed by atoms with Crippen molar-refractivity contribution in [2.24, 2.45) is 0 Å². The molecule has 8 nitrogen and oxygen atoms in total. The Morgan fingerprint density at radius 3 is 2.85 bits per heavy atom. The molecule has 1 amide bonds. The van der Waals surface area contributed by atoms with E-state index in [9.17, 15) is 14.7 Å². The Hall–Kier alpha value is -3.16. The summed E-state index contributed by atoms with van der Waals surface area (Å²) in [6, 6.07) is 7.22. The summed E-state index contributed by atoms with van der Waals surface area (Å²) in [5.41, 5.74) is 0.755. The number of aromatic hydroxyl groups is 1. The van der Waals surface area contributed by atoms with Gasteiger partial charge in [0.15, 0.2) is 0 Å². The minimum Gasteiger partial charge on any atom is -0.508 e. The lowest BCUT2D eigenvalue weighted by atomic mass is 9.95. The molecule has 2 aromatic heterocycles. The Labute approximate surface area is 155 Å². The first kappa shape index (κ1) is 17.3. The highest BCUT2D eigenvalue weighted by molar-refractivity contribution is 5.94. The van der Waals surface area contributed by atoms with Crippen LogP contribution in [-0.4, -0.2) is 48.1 Å². The van der Waals surface area contributed by atoms with Gasteiger partial charge in [-0.25, -0.2) is 9.97 Å². The van der Waals surface area contributed by atoms with Gasteiger partial charge in [-0.15, -0.1) is 0 Å². The molecule has 1 aromatic carbocycles. The average Bonchev–Trinajstić information content (AvgIpc) is 3.17. The van der Waals surface area contributed by atoms with Gasteiger partial charge in [-0.3, -0.25) is 14.7 Å². The molecule has 0 unspecified atom stereocenters. The van der Waals surface area contributed by atoms with E-state index >= 15 is 0 Å². The van der Waals surface area contributed by atoms with Gasteiger partial charge in [0.05, 0.1) is 0 Å². The smallest absolute Gasteiger partial charge is 0.286 e. The molecule has 0 saturated carbocycles. The average molecular weight is 367 g/mol. The van der Waals surface area contributed by atoms with Crippen molar-refractivity contribution in [2.75, 3.05) is 6.54 Å². The van der Waals surface area contributed by atoms with Crippen molar-refractivity contribution in [3.63, 3.8) is 0 Å². The standard InChI is InChI=1S/C19H21N5O3/c25-15-8-5-13(6-9-15)4-7-14-3-1-2-10-23(14)17(26)16-11-20-19-21-12-22-24(19)18(16)27/h5-6,8-9,11-12,14,25H,1-4,7,10H2,(H,20,21,22)/t14-/m1/s1. The lowest BCUT2D eigenvalue weighted by molar-refractivity contribution is 0.0599. The number of hydrogen-bond donors (Lipinski definition) is 2. The third kappa shape index (κ3) is 3.42. The van der Waals surface area contributed by atoms with Gasteiger partial charge in [0.1, 0.15) is 17.6 Å². The molecule has 3 aromatic rings. The Morgan fingerprint density at radius 2 is 2.04 bits per heavy atom. The number of aryl methyl sites for hydroxylation is 1. The summed E-state index contributed by atoms with van der Waals surface area (Å²) in [6.07, 6.45) is 7.25. The highest BCUT2D eigenvalue weighted by Gasteiger charge is 2.29. The van der Waals surface area contributed by atoms with Crippen molar-refractivity contribution >= 4 is 11.7 Å². The van der Waals surface area contributed by atoms with E-state index < -0.39 is 5.56 Å². The van der Waals surface area contributed by atoms with E-state index in [1.807, 2.05) is 17.0 Å². The minimum absolute atomic E-state index is 0.0632. The largest absolute Gasteiger partial charge is 0.508 e. The number of aromatic nitrogens is 4. The Bertz CT molecular complexity index is 1010. The van der Waals surface area contributed by atoms with Crippen LogP contribution < -0.4 is 5.56 Å². The van der Waals surface area contributed by atoms with Crippen LogP contribution in [0.5, 0.6) is 5.75 Å². The second-order valence-electron chi connectivity index (χ2n) is 6.85. The van der Waals surface area contributed by atoms with Crippen LogP contribution in [0.4, 0.5) is 0 Å². The predicted molar refractivity (Wildman–Crippen MR) is 98.7 cm³/mol. The summed E-state index contributed by atoms with van der Waals surface area (Å²) in [5, 5.41) is 12.1. The highest BCUT2D eigenvalue weighted by atomic mass is 16.3. The van der Waals surface area contributed by atoms with Crippen molar-refractivity contribution in [3.05, 3.63) is 58.3 Å². The van der Waals surface area contributed by atoms with Crippen LogP contribution in [0.1, 0.15) is 41.6 Å². The van der Waals surface area contributed by atoms with E-state index in [1.165, 1.54) is 17.0 Å². The SMILES string of the molecule is O=C(c1cnc2nc[nH]n2c1=O)N1CCCC[C@@H]1CCc1ccc(O)cc1. The summed E-state index contributed by atoms with van der Waals surface area (Å²) < 4.78 is 1.18. The molecular formula is C19H21N5O3. The van der Waals surface area contributed by atoms with E-state index in [1.54, 1.807) is 12.1 Å². The first-order valence-corrected chi connectivity index (χ1v) is 9.13. The third-order valence-electron chi connectivity index (χ3n) is 5.13. The van der Waals surface area contributed by atoms with Crippen LogP contribution in [0.2, 0.25) is 0 Å². The number of phenols is 1. The number of aromatic amines is 1. The first-order valence-electron chi connectivity index (χ1n) is 9.13. The van der Waals surface area contributed by atoms with E-state index in [-0.39, 0.29) is 29.0 Å². The maximum atomic E-state index is 13.1. The molecule has 0 aliphatic carbocycles. The normalized spacial score (nSPS) is 17.3. The highest BCUT2D eigenvalue weighted by Crippen LogP contribution is 2.23. The minimum atomic E-state index is -0.426. The number of nitrogens with one attached hydrogen (secondary N) is 1. The number of carbonyl (C=O) groups is 1. The molecule has 1 atom stereocenters. The third-order valence-corrected chi connectivity index (χ3v) is 5.13. The molecule has 27 heavy (non-hydrogen) atoms. The van der Waals surface area contributed by atoms with Gasteiger partial charge < -0.3 is 10.0 Å². The van der Waals surface area contributed by atoms with Gasteiger partial charge in [-0.05, 0) is 49.8 Å². The number of rotatable bonds is 4. The molecular weight excluding hydrogens is 346 g/mol. The number of benzene rings is 1. The van der Waals surface area contributed by atoms with E-state index in [4.69, 9.17) is 0 Å². The number of H-pyrrole nitrogens is 1. The molecule has 4 rings (SSSR count). The van der Waals surface area contributed by atoms with E-state index in [0.717, 1.165) is 37.7 Å². The number of piperidine rings is 1. The summed E-state index contributed by atoms with van der Waals surface area (Å²) in [7, 11) is 0. The molecule has 1 saturated heterocycles. The van der Waals surface area contributed by atoms with Crippen molar-refractivity contribution in [1.82, 2.24) is 24.5 Å². The van der Waals surface area contributed by atoms with Gasteiger partial charge >= 0.3 is 0 Å². The second kappa shape index (κ2) is 7.22. The monoisotopic (exact) mass is 367 g/mol. The number of phenolic OH excluding ortho intramolecular Hbond substituents is 1. The lowest BCUT2D eigenvalue weighted by Gasteiger charge is -2.35. The van der Waals surface area contributed by atoms with Crippen LogP contribution >= 0.6 is 0 Å². The van der Waals surface area contributed by atoms with E-state index in [2.05, 4.69) is 15.1 Å². The lowest BCUT2D eigenvalue weighted by Crippen LogP contribution is -2.46. The van der Waals surface area contributed by atoms with Crippen molar-refractivity contribution < 1.29 is 9.90 Å². The zero-order chi connectivity index (χ0) is 18.8. The summed E-state index contributed by atoms with van der Waals surface area (Å²) in [5.74, 6) is 0.223. The topological polar surface area (TPSA) is 104 Å². The van der Waals surface area contributed by atoms with Crippen LogP contribution in [0.25, 0.3) is 5.78 Å². The summed E-state index contributed by atoms with van der Waals surface area (Å²) in [6.45, 7) is 0.643. The summed E-state index contributed by atoms with van der Waals surface area (Å²) in [4.78, 5) is 35.5. The van der Waals surface area contributed by atoms with Gasteiger partial charge in [0.2, 0.25) is 0 Å². The fourth-order valence-corrected chi connectivity index (χ4v) is 3.66. The van der Waals surface area contributed by atoms with E-state index in [0.29, 0.717) is 6.54 Å². The Morgan fingerprint density at radius 1 is 1.22 bits per heavy atom. The Kier molecular flexibility index (Phi) is 4.62. The fraction of sp³-hybridized carbons (Fsp3) is 0.368. The van der Waals surface area contributed by atoms with Gasteiger partial charge in [-0.2, -0.15) is 4.52 Å². The molecule has 1 fully saturated rings. The van der Waals surface area contributed by atoms with Crippen LogP contribution in [0.3, 0.4) is 0 Å². The quantitative estimate of drug-likeness (QED) is 0.731. The van der Waals surface area contributed by atoms with Gasteiger partial charge in [0.25, 0.3) is 17.2 Å². The van der Waals surface area contributed by atoms with Gasteiger partial charge in [-0.1, -0.05) is 12.1 Å². The number of amides is 1. The molecule has 2 N–H and O–H groups in total. The van der Waals surface area contributed by atoms with Crippen molar-refractivity contribution in [1.29, 1.82) is 0 Å². The van der Waals surface area contributed by atoms with Gasteiger partial charge in [0, 0.05) is 18.8 Å².